The van der Waals surface area contributed by atoms with E-state index in [1.165, 1.54) is 0 Å². The first-order valence-electron chi connectivity index (χ1n) is 10.2. The lowest BCUT2D eigenvalue weighted by molar-refractivity contribution is -0.112. The van der Waals surface area contributed by atoms with E-state index in [-0.39, 0.29) is 5.88 Å². The number of carbonyl (C=O) groups excluding carboxylic acids is 1. The van der Waals surface area contributed by atoms with E-state index in [9.17, 15) is 4.79 Å². The first kappa shape index (κ1) is 21.2. The minimum Gasteiger partial charge on any atom is -0.496 e. The Labute approximate surface area is 186 Å². The van der Waals surface area contributed by atoms with Crippen molar-refractivity contribution in [3.05, 3.63) is 64.3 Å². The third kappa shape index (κ3) is 3.62. The van der Waals surface area contributed by atoms with Gasteiger partial charge in [-0.1, -0.05) is 41.9 Å². The second kappa shape index (κ2) is 9.01. The molecule has 158 valence electrons. The lowest BCUT2D eigenvalue weighted by Gasteiger charge is -2.32. The second-order valence-electron chi connectivity index (χ2n) is 7.75. The highest BCUT2D eigenvalue weighted by atomic mass is 35.5. The molecule has 0 saturated carbocycles. The Morgan fingerprint density at radius 2 is 2.00 bits per heavy atom. The Morgan fingerprint density at radius 3 is 2.70 bits per heavy atom. The number of aromatic nitrogens is 1. The maximum atomic E-state index is 12.2. The van der Waals surface area contributed by atoms with Gasteiger partial charge in [-0.05, 0) is 42.5 Å². The monoisotopic (exact) mass is 445 g/mol. The standard InChI is InChI=1S/C24H25Cl2NO3/c1-29-20-10-9-18(26)23-21(20)22-19(8-5-11-24(22,15-25)16-28)27(23)12-13-30-14-17-6-3-2-4-7-17/h2-4,6-7,9-10,16H,5,8,11-15H2,1H3. The Hall–Kier alpha value is -2.01. The van der Waals surface area contributed by atoms with Gasteiger partial charge in [-0.2, -0.15) is 0 Å². The fraction of sp³-hybridized carbons (Fsp3) is 0.375. The molecule has 0 N–H and O–H groups in total. The molecule has 0 aliphatic heterocycles. The number of methoxy groups -OCH3 is 1. The third-order valence-electron chi connectivity index (χ3n) is 6.01. The van der Waals surface area contributed by atoms with Crippen LogP contribution in [0.5, 0.6) is 5.75 Å². The third-order valence-corrected chi connectivity index (χ3v) is 6.80. The summed E-state index contributed by atoms with van der Waals surface area (Å²) in [6, 6.07) is 13.8. The fourth-order valence-electron chi connectivity index (χ4n) is 4.58. The summed E-state index contributed by atoms with van der Waals surface area (Å²) in [4.78, 5) is 12.2. The van der Waals surface area contributed by atoms with E-state index < -0.39 is 5.41 Å². The van der Waals surface area contributed by atoms with E-state index in [4.69, 9.17) is 32.7 Å². The van der Waals surface area contributed by atoms with Gasteiger partial charge in [-0.15, -0.1) is 11.6 Å². The van der Waals surface area contributed by atoms with Crippen molar-refractivity contribution in [2.75, 3.05) is 19.6 Å². The predicted molar refractivity (Wildman–Crippen MR) is 121 cm³/mol. The summed E-state index contributed by atoms with van der Waals surface area (Å²) >= 11 is 13.0. The van der Waals surface area contributed by atoms with Crippen LogP contribution in [0, 0.1) is 0 Å². The quantitative estimate of drug-likeness (QED) is 0.260. The van der Waals surface area contributed by atoms with E-state index in [0.29, 0.717) is 30.5 Å². The lowest BCUT2D eigenvalue weighted by Crippen LogP contribution is -2.34. The molecule has 4 nitrogen and oxygen atoms in total. The number of aldehydes is 1. The molecule has 1 aliphatic rings. The Balaban J connectivity index is 1.75. The van der Waals surface area contributed by atoms with Crippen LogP contribution in [-0.4, -0.2) is 30.4 Å². The van der Waals surface area contributed by atoms with Gasteiger partial charge in [-0.3, -0.25) is 0 Å². The molecule has 1 aromatic heterocycles. The van der Waals surface area contributed by atoms with E-state index in [1.54, 1.807) is 7.11 Å². The van der Waals surface area contributed by atoms with Crippen LogP contribution in [0.3, 0.4) is 0 Å². The van der Waals surface area contributed by atoms with E-state index in [0.717, 1.165) is 53.3 Å². The Morgan fingerprint density at radius 1 is 1.20 bits per heavy atom. The van der Waals surface area contributed by atoms with Crippen molar-refractivity contribution < 1.29 is 14.3 Å². The van der Waals surface area contributed by atoms with Crippen LogP contribution in [0.1, 0.15) is 29.7 Å². The molecule has 0 fully saturated rings. The van der Waals surface area contributed by atoms with Crippen LogP contribution in [0.4, 0.5) is 0 Å². The number of rotatable bonds is 8. The van der Waals surface area contributed by atoms with Crippen molar-refractivity contribution in [3.8, 4) is 5.75 Å². The first-order chi connectivity index (χ1) is 14.6. The van der Waals surface area contributed by atoms with Gasteiger partial charge < -0.3 is 18.8 Å². The molecule has 1 heterocycles. The van der Waals surface area contributed by atoms with E-state index in [2.05, 4.69) is 4.57 Å². The molecule has 3 aromatic rings. The van der Waals surface area contributed by atoms with Crippen LogP contribution in [0.25, 0.3) is 10.9 Å². The maximum absolute atomic E-state index is 12.2. The largest absolute Gasteiger partial charge is 0.496 e. The fourth-order valence-corrected chi connectivity index (χ4v) is 5.17. The molecule has 0 radical (unpaired) electrons. The average Bonchev–Trinajstić information content (AvgIpc) is 3.13. The molecular formula is C24H25Cl2NO3. The average molecular weight is 446 g/mol. The minimum absolute atomic E-state index is 0.239. The van der Waals surface area contributed by atoms with Crippen LogP contribution < -0.4 is 4.74 Å². The Bertz CT molecular complexity index is 1050. The Kier molecular flexibility index (Phi) is 6.37. The summed E-state index contributed by atoms with van der Waals surface area (Å²) in [5.41, 5.74) is 3.39. The van der Waals surface area contributed by atoms with Gasteiger partial charge in [0.25, 0.3) is 0 Å². The number of benzene rings is 2. The number of ether oxygens (including phenoxy) is 2. The summed E-state index contributed by atoms with van der Waals surface area (Å²) in [5.74, 6) is 0.954. The molecule has 0 spiro atoms. The zero-order valence-corrected chi connectivity index (χ0v) is 18.5. The molecule has 2 aromatic carbocycles. The van der Waals surface area contributed by atoms with Gasteiger partial charge in [-0.25, -0.2) is 0 Å². The number of hydrogen-bond acceptors (Lipinski definition) is 3. The van der Waals surface area contributed by atoms with Crippen molar-refractivity contribution in [3.63, 3.8) is 0 Å². The minimum atomic E-state index is -0.721. The second-order valence-corrected chi connectivity index (χ2v) is 8.42. The number of nitrogens with zero attached hydrogens (tertiary/aromatic N) is 1. The van der Waals surface area contributed by atoms with Crippen molar-refractivity contribution in [1.29, 1.82) is 0 Å². The zero-order valence-electron chi connectivity index (χ0n) is 17.0. The molecule has 1 atom stereocenters. The first-order valence-corrected chi connectivity index (χ1v) is 11.1. The SMILES string of the molecule is COc1ccc(Cl)c2c1c1c(n2CCOCc2ccccc2)CCCC1(C=O)CCl. The number of alkyl halides is 1. The number of fused-ring (bicyclic) bond motifs is 3. The van der Waals surface area contributed by atoms with E-state index >= 15 is 0 Å². The molecule has 0 bridgehead atoms. The molecule has 4 rings (SSSR count). The normalized spacial score (nSPS) is 18.4. The highest BCUT2D eigenvalue weighted by Gasteiger charge is 2.41. The van der Waals surface area contributed by atoms with E-state index in [1.807, 2.05) is 42.5 Å². The zero-order chi connectivity index (χ0) is 21.1. The molecule has 0 saturated heterocycles. The molecule has 6 heteroatoms. The summed E-state index contributed by atoms with van der Waals surface area (Å²) in [7, 11) is 1.64. The smallest absolute Gasteiger partial charge is 0.131 e. The van der Waals surface area contributed by atoms with Crippen molar-refractivity contribution in [2.45, 2.75) is 37.8 Å². The number of halogens is 2. The van der Waals surface area contributed by atoms with Gasteiger partial charge in [0.15, 0.2) is 0 Å². The van der Waals surface area contributed by atoms with Crippen LogP contribution in [0.15, 0.2) is 42.5 Å². The van der Waals surface area contributed by atoms with Crippen LogP contribution in [-0.2, 0) is 34.5 Å². The van der Waals surface area contributed by atoms with Gasteiger partial charge in [0.1, 0.15) is 12.0 Å². The molecule has 1 aliphatic carbocycles. The summed E-state index contributed by atoms with van der Waals surface area (Å²) in [6.45, 7) is 1.73. The van der Waals surface area contributed by atoms with Gasteiger partial charge in [0.2, 0.25) is 0 Å². The molecular weight excluding hydrogens is 421 g/mol. The van der Waals surface area contributed by atoms with Gasteiger partial charge >= 0.3 is 0 Å². The predicted octanol–water partition coefficient (Wildman–Crippen LogP) is 5.53. The lowest BCUT2D eigenvalue weighted by atomic mass is 9.73. The summed E-state index contributed by atoms with van der Waals surface area (Å²) in [6.07, 6.45) is 3.51. The number of hydrogen-bond donors (Lipinski definition) is 0. The number of carbonyl (C=O) groups is 1. The summed E-state index contributed by atoms with van der Waals surface area (Å²) in [5, 5.41) is 1.54. The highest BCUT2D eigenvalue weighted by molar-refractivity contribution is 6.35. The summed E-state index contributed by atoms with van der Waals surface area (Å²) < 4.78 is 13.8. The topological polar surface area (TPSA) is 40.5 Å². The van der Waals surface area contributed by atoms with Crippen molar-refractivity contribution >= 4 is 40.4 Å². The molecule has 30 heavy (non-hydrogen) atoms. The van der Waals surface area contributed by atoms with Crippen molar-refractivity contribution in [1.82, 2.24) is 4.57 Å². The molecule has 1 unspecified atom stereocenters. The highest BCUT2D eigenvalue weighted by Crippen LogP contribution is 2.47. The van der Waals surface area contributed by atoms with Gasteiger partial charge in [0.05, 0.1) is 36.3 Å². The van der Waals surface area contributed by atoms with Crippen LogP contribution in [0.2, 0.25) is 5.02 Å². The van der Waals surface area contributed by atoms with Gasteiger partial charge in [0, 0.05) is 23.5 Å². The maximum Gasteiger partial charge on any atom is 0.131 e. The van der Waals surface area contributed by atoms with Crippen molar-refractivity contribution in [2.24, 2.45) is 0 Å². The molecule has 0 amide bonds. The van der Waals surface area contributed by atoms with Crippen LogP contribution >= 0.6 is 23.2 Å².